The van der Waals surface area contributed by atoms with Gasteiger partial charge in [0.1, 0.15) is 11.3 Å². The molecule has 1 amide bonds. The van der Waals surface area contributed by atoms with Crippen LogP contribution in [0.5, 0.6) is 5.75 Å². The zero-order chi connectivity index (χ0) is 20.3. The van der Waals surface area contributed by atoms with E-state index in [0.29, 0.717) is 18.4 Å². The number of pyridine rings is 1. The highest BCUT2D eigenvalue weighted by molar-refractivity contribution is 6.01. The van der Waals surface area contributed by atoms with E-state index in [2.05, 4.69) is 4.98 Å². The third kappa shape index (κ3) is 3.91. The number of nitrogens with one attached hydrogen (secondary N) is 1. The van der Waals surface area contributed by atoms with Crippen LogP contribution in [0.25, 0.3) is 10.9 Å². The Kier molecular flexibility index (Phi) is 5.51. The summed E-state index contributed by atoms with van der Waals surface area (Å²) in [6.07, 6.45) is -2.94. The maximum Gasteiger partial charge on any atom is 0.417 e. The first-order chi connectivity index (χ1) is 13.3. The molecular weight excluding hydrogens is 373 g/mol. The normalized spacial score (nSPS) is 11.5. The minimum absolute atomic E-state index is 0.00669. The fourth-order valence-corrected chi connectivity index (χ4v) is 3.10. The van der Waals surface area contributed by atoms with Gasteiger partial charge in [-0.3, -0.25) is 15.0 Å². The Morgan fingerprint density at radius 2 is 1.82 bits per heavy atom. The molecule has 2 aromatic carbocycles. The van der Waals surface area contributed by atoms with Crippen molar-refractivity contribution in [3.8, 4) is 5.75 Å². The van der Waals surface area contributed by atoms with Crippen LogP contribution in [-0.4, -0.2) is 23.2 Å². The van der Waals surface area contributed by atoms with E-state index in [0.717, 1.165) is 11.8 Å². The Morgan fingerprint density at radius 3 is 2.43 bits per heavy atom. The number of benzene rings is 2. The van der Waals surface area contributed by atoms with Crippen LogP contribution in [0.1, 0.15) is 27.0 Å². The fraction of sp³-hybridized carbons (Fsp3) is 0.200. The predicted octanol–water partition coefficient (Wildman–Crippen LogP) is 4.17. The molecular formula is C20H17F3N2O3. The first-order valence-corrected chi connectivity index (χ1v) is 8.40. The van der Waals surface area contributed by atoms with Gasteiger partial charge in [0.05, 0.1) is 18.2 Å². The average molecular weight is 390 g/mol. The van der Waals surface area contributed by atoms with Crippen molar-refractivity contribution in [2.24, 2.45) is 0 Å². The zero-order valence-corrected chi connectivity index (χ0v) is 14.9. The standard InChI is InChI=1S/C20H17F3N2O3/c1-28-16-10-13(8-7-12-5-3-2-4-6-12)9-14-17(20(21,22)23)15(19(26)25-27)11-24-18(14)16/h2-6,9-11,27H,7-8H2,1H3,(H,25,26). The highest BCUT2D eigenvalue weighted by Crippen LogP contribution is 2.39. The fourth-order valence-electron chi connectivity index (χ4n) is 3.10. The molecule has 28 heavy (non-hydrogen) atoms. The van der Waals surface area contributed by atoms with Crippen LogP contribution in [-0.2, 0) is 19.0 Å². The smallest absolute Gasteiger partial charge is 0.417 e. The van der Waals surface area contributed by atoms with Crippen molar-refractivity contribution in [1.82, 2.24) is 10.5 Å². The summed E-state index contributed by atoms with van der Waals surface area (Å²) >= 11 is 0. The highest BCUT2D eigenvalue weighted by atomic mass is 19.4. The first kappa shape index (κ1) is 19.6. The molecule has 5 nitrogen and oxygen atoms in total. The van der Waals surface area contributed by atoms with Crippen molar-refractivity contribution in [3.05, 3.63) is 70.9 Å². The Morgan fingerprint density at radius 1 is 1.14 bits per heavy atom. The molecule has 0 saturated carbocycles. The van der Waals surface area contributed by atoms with E-state index in [9.17, 15) is 18.0 Å². The van der Waals surface area contributed by atoms with Crippen LogP contribution in [0.4, 0.5) is 13.2 Å². The predicted molar refractivity (Wildman–Crippen MR) is 96.4 cm³/mol. The largest absolute Gasteiger partial charge is 0.494 e. The lowest BCUT2D eigenvalue weighted by Gasteiger charge is -2.17. The van der Waals surface area contributed by atoms with Crippen molar-refractivity contribution in [2.45, 2.75) is 19.0 Å². The lowest BCUT2D eigenvalue weighted by molar-refractivity contribution is -0.136. The van der Waals surface area contributed by atoms with Gasteiger partial charge in [0.15, 0.2) is 0 Å². The molecule has 0 aliphatic heterocycles. The lowest BCUT2D eigenvalue weighted by Crippen LogP contribution is -2.24. The summed E-state index contributed by atoms with van der Waals surface area (Å²) in [6.45, 7) is 0. The van der Waals surface area contributed by atoms with Crippen molar-refractivity contribution in [1.29, 1.82) is 0 Å². The summed E-state index contributed by atoms with van der Waals surface area (Å²) in [5.41, 5.74) is 0.967. The van der Waals surface area contributed by atoms with Gasteiger partial charge in [-0.15, -0.1) is 0 Å². The average Bonchev–Trinajstić information content (AvgIpc) is 2.70. The zero-order valence-electron chi connectivity index (χ0n) is 14.9. The molecule has 1 heterocycles. The van der Waals surface area contributed by atoms with Gasteiger partial charge < -0.3 is 4.74 Å². The van der Waals surface area contributed by atoms with Gasteiger partial charge in [-0.2, -0.15) is 13.2 Å². The van der Waals surface area contributed by atoms with Crippen LogP contribution >= 0.6 is 0 Å². The van der Waals surface area contributed by atoms with E-state index < -0.39 is 23.2 Å². The number of hydrogen-bond acceptors (Lipinski definition) is 4. The van der Waals surface area contributed by atoms with Crippen molar-refractivity contribution >= 4 is 16.8 Å². The molecule has 3 aromatic rings. The van der Waals surface area contributed by atoms with Gasteiger partial charge in [-0.1, -0.05) is 30.3 Å². The number of hydroxylamine groups is 1. The Hall–Kier alpha value is -3.13. The van der Waals surface area contributed by atoms with Crippen LogP contribution in [0, 0.1) is 0 Å². The van der Waals surface area contributed by atoms with Gasteiger partial charge in [0.2, 0.25) is 0 Å². The van der Waals surface area contributed by atoms with E-state index >= 15 is 0 Å². The maximum atomic E-state index is 13.8. The molecule has 8 heteroatoms. The van der Waals surface area contributed by atoms with E-state index in [1.165, 1.54) is 18.7 Å². The molecule has 1 aromatic heterocycles. The topological polar surface area (TPSA) is 71.5 Å². The molecule has 0 bridgehead atoms. The van der Waals surface area contributed by atoms with Gasteiger partial charge in [0, 0.05) is 11.6 Å². The summed E-state index contributed by atoms with van der Waals surface area (Å²) in [5.74, 6) is -1.10. The van der Waals surface area contributed by atoms with Crippen LogP contribution in [0.2, 0.25) is 0 Å². The van der Waals surface area contributed by atoms with Gasteiger partial charge >= 0.3 is 6.18 Å². The maximum absolute atomic E-state index is 13.8. The summed E-state index contributed by atoms with van der Waals surface area (Å²) in [5, 5.41) is 8.54. The number of hydrogen-bond donors (Lipinski definition) is 2. The summed E-state index contributed by atoms with van der Waals surface area (Å²) in [7, 11) is 1.35. The minimum atomic E-state index is -4.83. The van der Waals surface area contributed by atoms with E-state index in [-0.39, 0.29) is 16.7 Å². The van der Waals surface area contributed by atoms with Crippen LogP contribution < -0.4 is 10.2 Å². The SMILES string of the molecule is COc1cc(CCc2ccccc2)cc2c(C(F)(F)F)c(C(=O)NO)cnc12. The number of rotatable bonds is 5. The molecule has 0 aliphatic rings. The number of nitrogens with zero attached hydrogens (tertiary/aromatic N) is 1. The molecule has 0 spiro atoms. The minimum Gasteiger partial charge on any atom is -0.494 e. The number of fused-ring (bicyclic) bond motifs is 1. The molecule has 3 rings (SSSR count). The lowest BCUT2D eigenvalue weighted by atomic mass is 9.97. The second kappa shape index (κ2) is 7.85. The Labute approximate surface area is 158 Å². The molecule has 0 atom stereocenters. The molecule has 146 valence electrons. The second-order valence-electron chi connectivity index (χ2n) is 6.17. The molecule has 0 fully saturated rings. The molecule has 0 aliphatic carbocycles. The number of alkyl halides is 3. The number of methoxy groups -OCH3 is 1. The van der Waals surface area contributed by atoms with Crippen LogP contribution in [0.15, 0.2) is 48.7 Å². The number of halogens is 3. The molecule has 0 unspecified atom stereocenters. The summed E-state index contributed by atoms with van der Waals surface area (Å²) in [4.78, 5) is 15.7. The van der Waals surface area contributed by atoms with Crippen molar-refractivity contribution in [3.63, 3.8) is 0 Å². The van der Waals surface area contributed by atoms with Crippen molar-refractivity contribution in [2.75, 3.05) is 7.11 Å². The van der Waals surface area contributed by atoms with E-state index in [1.54, 1.807) is 6.07 Å². The van der Waals surface area contributed by atoms with Gasteiger partial charge in [-0.25, -0.2) is 5.48 Å². The monoisotopic (exact) mass is 390 g/mol. The van der Waals surface area contributed by atoms with E-state index in [1.807, 2.05) is 30.3 Å². The number of amides is 1. The van der Waals surface area contributed by atoms with Crippen molar-refractivity contribution < 1.29 is 27.9 Å². The molecule has 2 N–H and O–H groups in total. The van der Waals surface area contributed by atoms with Crippen LogP contribution in [0.3, 0.4) is 0 Å². The summed E-state index contributed by atoms with van der Waals surface area (Å²) in [6, 6.07) is 12.5. The molecule has 0 saturated heterocycles. The quantitative estimate of drug-likeness (QED) is 0.507. The first-order valence-electron chi connectivity index (χ1n) is 8.40. The van der Waals surface area contributed by atoms with Gasteiger partial charge in [0.25, 0.3) is 5.91 Å². The Bertz CT molecular complexity index is 1000. The summed E-state index contributed by atoms with van der Waals surface area (Å²) < 4.78 is 46.5. The Balaban J connectivity index is 2.16. The third-order valence-electron chi connectivity index (χ3n) is 4.39. The highest BCUT2D eigenvalue weighted by Gasteiger charge is 2.38. The van der Waals surface area contributed by atoms with Gasteiger partial charge in [-0.05, 0) is 36.1 Å². The number of carbonyl (C=O) groups excluding carboxylic acids is 1. The second-order valence-corrected chi connectivity index (χ2v) is 6.17. The number of aromatic nitrogens is 1. The number of ether oxygens (including phenoxy) is 1. The number of aryl methyl sites for hydroxylation is 2. The van der Waals surface area contributed by atoms with E-state index in [4.69, 9.17) is 9.94 Å². The number of carbonyl (C=O) groups is 1. The molecule has 0 radical (unpaired) electrons. The third-order valence-corrected chi connectivity index (χ3v) is 4.39.